The fraction of sp³-hybridized carbons (Fsp3) is 0.375. The molecule has 2 aromatic rings. The predicted octanol–water partition coefficient (Wildman–Crippen LogP) is 2.85. The van der Waals surface area contributed by atoms with Crippen molar-refractivity contribution in [3.8, 4) is 0 Å². The van der Waals surface area contributed by atoms with Crippen LogP contribution in [0.2, 0.25) is 0 Å². The topological polar surface area (TPSA) is 45.2 Å². The number of nitrogens with one attached hydrogen (secondary N) is 1. The summed E-state index contributed by atoms with van der Waals surface area (Å²) >= 11 is 1.51. The summed E-state index contributed by atoms with van der Waals surface area (Å²) in [5.74, 6) is 1.09. The number of nitrogens with zero attached hydrogens (tertiary/aromatic N) is 2. The summed E-state index contributed by atoms with van der Waals surface area (Å²) in [5.41, 5.74) is 1.06. The predicted molar refractivity (Wildman–Crippen MR) is 86.0 cm³/mol. The lowest BCUT2D eigenvalue weighted by atomic mass is 10.0. The van der Waals surface area contributed by atoms with Crippen LogP contribution in [0.3, 0.4) is 0 Å². The molecule has 0 aromatic carbocycles. The molecule has 4 nitrogen and oxygen atoms in total. The number of rotatable bonds is 3. The number of aryl methyl sites for hydroxylation is 1. The second-order valence-electron chi connectivity index (χ2n) is 5.36. The van der Waals surface area contributed by atoms with Crippen molar-refractivity contribution in [1.29, 1.82) is 0 Å². The van der Waals surface area contributed by atoms with E-state index in [4.69, 9.17) is 0 Å². The van der Waals surface area contributed by atoms with Gasteiger partial charge in [-0.25, -0.2) is 4.98 Å². The van der Waals surface area contributed by atoms with E-state index in [1.54, 1.807) is 0 Å². The molecule has 1 N–H and O–H groups in total. The van der Waals surface area contributed by atoms with E-state index in [1.165, 1.54) is 11.3 Å². The van der Waals surface area contributed by atoms with E-state index in [-0.39, 0.29) is 11.9 Å². The quantitative estimate of drug-likeness (QED) is 0.948. The first-order valence-corrected chi connectivity index (χ1v) is 8.13. The third-order valence-electron chi connectivity index (χ3n) is 3.87. The molecule has 0 unspecified atom stereocenters. The molecule has 0 radical (unpaired) electrons. The van der Waals surface area contributed by atoms with E-state index >= 15 is 0 Å². The Bertz CT molecular complexity index is 603. The Morgan fingerprint density at radius 2 is 2.14 bits per heavy atom. The molecule has 21 heavy (non-hydrogen) atoms. The van der Waals surface area contributed by atoms with Gasteiger partial charge in [0.25, 0.3) is 5.91 Å². The molecule has 0 aliphatic carbocycles. The zero-order chi connectivity index (χ0) is 14.7. The van der Waals surface area contributed by atoms with Gasteiger partial charge in [-0.05, 0) is 48.9 Å². The number of hydrogen-bond donors (Lipinski definition) is 1. The van der Waals surface area contributed by atoms with Crippen LogP contribution in [0, 0.1) is 6.92 Å². The van der Waals surface area contributed by atoms with Crippen molar-refractivity contribution in [3.05, 3.63) is 46.3 Å². The number of hydrogen-bond acceptors (Lipinski definition) is 4. The molecule has 0 bridgehead atoms. The highest BCUT2D eigenvalue weighted by Crippen LogP contribution is 2.19. The van der Waals surface area contributed by atoms with Crippen LogP contribution in [0.25, 0.3) is 0 Å². The van der Waals surface area contributed by atoms with Crippen LogP contribution in [-0.4, -0.2) is 30.0 Å². The molecule has 2 aromatic heterocycles. The van der Waals surface area contributed by atoms with Gasteiger partial charge >= 0.3 is 0 Å². The van der Waals surface area contributed by atoms with E-state index in [0.717, 1.165) is 42.2 Å². The van der Waals surface area contributed by atoms with Crippen molar-refractivity contribution < 1.29 is 4.79 Å². The Morgan fingerprint density at radius 3 is 2.76 bits per heavy atom. The molecule has 0 saturated carbocycles. The Labute approximate surface area is 128 Å². The summed E-state index contributed by atoms with van der Waals surface area (Å²) in [6, 6.07) is 8.23. The Kier molecular flexibility index (Phi) is 4.20. The van der Waals surface area contributed by atoms with E-state index in [9.17, 15) is 4.79 Å². The SMILES string of the molecule is Cc1ccsc1C(=O)NC1CCN(c2ccccn2)CC1. The Morgan fingerprint density at radius 1 is 1.33 bits per heavy atom. The molecule has 1 fully saturated rings. The fourth-order valence-electron chi connectivity index (χ4n) is 2.65. The zero-order valence-electron chi connectivity index (χ0n) is 12.1. The molecular weight excluding hydrogens is 282 g/mol. The molecule has 5 heteroatoms. The van der Waals surface area contributed by atoms with Crippen molar-refractivity contribution in [2.24, 2.45) is 0 Å². The normalized spacial score (nSPS) is 16.0. The Balaban J connectivity index is 1.55. The van der Waals surface area contributed by atoms with Crippen molar-refractivity contribution in [3.63, 3.8) is 0 Å². The van der Waals surface area contributed by atoms with Crippen LogP contribution in [0.1, 0.15) is 28.1 Å². The maximum Gasteiger partial charge on any atom is 0.261 e. The van der Waals surface area contributed by atoms with Crippen LogP contribution >= 0.6 is 11.3 Å². The molecule has 1 amide bonds. The van der Waals surface area contributed by atoms with Gasteiger partial charge in [0.15, 0.2) is 0 Å². The average Bonchev–Trinajstić information content (AvgIpc) is 2.95. The number of aromatic nitrogens is 1. The van der Waals surface area contributed by atoms with Crippen molar-refractivity contribution in [2.45, 2.75) is 25.8 Å². The summed E-state index contributed by atoms with van der Waals surface area (Å²) in [6.45, 7) is 3.85. The highest BCUT2D eigenvalue weighted by Gasteiger charge is 2.22. The average molecular weight is 301 g/mol. The van der Waals surface area contributed by atoms with Crippen molar-refractivity contribution in [1.82, 2.24) is 10.3 Å². The molecule has 0 atom stereocenters. The molecule has 110 valence electrons. The minimum Gasteiger partial charge on any atom is -0.356 e. The number of anilines is 1. The molecule has 3 heterocycles. The van der Waals surface area contributed by atoms with Gasteiger partial charge in [0, 0.05) is 25.3 Å². The van der Waals surface area contributed by atoms with Gasteiger partial charge in [0.05, 0.1) is 4.88 Å². The van der Waals surface area contributed by atoms with Crippen molar-refractivity contribution in [2.75, 3.05) is 18.0 Å². The molecule has 1 aliphatic rings. The first-order valence-electron chi connectivity index (χ1n) is 7.25. The largest absolute Gasteiger partial charge is 0.356 e. The van der Waals surface area contributed by atoms with Gasteiger partial charge in [-0.1, -0.05) is 6.07 Å². The maximum atomic E-state index is 12.2. The molecule has 1 saturated heterocycles. The number of carbonyl (C=O) groups excluding carboxylic acids is 1. The van der Waals surface area contributed by atoms with Gasteiger partial charge in [-0.15, -0.1) is 11.3 Å². The standard InChI is InChI=1S/C16H19N3OS/c1-12-7-11-21-15(12)16(20)18-13-5-9-19(10-6-13)14-4-2-3-8-17-14/h2-4,7-8,11,13H,5-6,9-10H2,1H3,(H,18,20). The number of piperidine rings is 1. The van der Waals surface area contributed by atoms with Gasteiger partial charge < -0.3 is 10.2 Å². The van der Waals surface area contributed by atoms with Gasteiger partial charge in [-0.2, -0.15) is 0 Å². The van der Waals surface area contributed by atoms with Gasteiger partial charge in [0.1, 0.15) is 5.82 Å². The third-order valence-corrected chi connectivity index (χ3v) is 4.89. The monoisotopic (exact) mass is 301 g/mol. The lowest BCUT2D eigenvalue weighted by Gasteiger charge is -2.33. The number of carbonyl (C=O) groups is 1. The molecular formula is C16H19N3OS. The fourth-order valence-corrected chi connectivity index (χ4v) is 3.48. The van der Waals surface area contributed by atoms with Crippen molar-refractivity contribution >= 4 is 23.1 Å². The van der Waals surface area contributed by atoms with E-state index < -0.39 is 0 Å². The summed E-state index contributed by atoms with van der Waals surface area (Å²) in [7, 11) is 0. The highest BCUT2D eigenvalue weighted by molar-refractivity contribution is 7.12. The maximum absolute atomic E-state index is 12.2. The summed E-state index contributed by atoms with van der Waals surface area (Å²) < 4.78 is 0. The van der Waals surface area contributed by atoms with E-state index in [1.807, 2.05) is 42.8 Å². The summed E-state index contributed by atoms with van der Waals surface area (Å²) in [4.78, 5) is 19.7. The Hall–Kier alpha value is -1.88. The number of pyridine rings is 1. The smallest absolute Gasteiger partial charge is 0.261 e. The summed E-state index contributed by atoms with van der Waals surface area (Å²) in [5, 5.41) is 5.12. The van der Waals surface area contributed by atoms with Crippen LogP contribution in [-0.2, 0) is 0 Å². The van der Waals surface area contributed by atoms with Crippen LogP contribution in [0.15, 0.2) is 35.8 Å². The van der Waals surface area contributed by atoms with Crippen LogP contribution in [0.4, 0.5) is 5.82 Å². The lowest BCUT2D eigenvalue weighted by Crippen LogP contribution is -2.44. The molecule has 1 aliphatic heterocycles. The second-order valence-corrected chi connectivity index (χ2v) is 6.27. The van der Waals surface area contributed by atoms with Gasteiger partial charge in [-0.3, -0.25) is 4.79 Å². The van der Waals surface area contributed by atoms with Gasteiger partial charge in [0.2, 0.25) is 0 Å². The minimum absolute atomic E-state index is 0.0683. The molecule has 3 rings (SSSR count). The van der Waals surface area contributed by atoms with Crippen LogP contribution in [0.5, 0.6) is 0 Å². The van der Waals surface area contributed by atoms with E-state index in [2.05, 4.69) is 15.2 Å². The second kappa shape index (κ2) is 6.26. The minimum atomic E-state index is 0.0683. The summed E-state index contributed by atoms with van der Waals surface area (Å²) in [6.07, 6.45) is 3.75. The zero-order valence-corrected chi connectivity index (χ0v) is 12.9. The first kappa shape index (κ1) is 14.1. The van der Waals surface area contributed by atoms with Crippen LogP contribution < -0.4 is 10.2 Å². The highest BCUT2D eigenvalue weighted by atomic mass is 32.1. The number of amides is 1. The molecule has 0 spiro atoms. The third kappa shape index (κ3) is 3.24. The van der Waals surface area contributed by atoms with E-state index in [0.29, 0.717) is 0 Å². The first-order chi connectivity index (χ1) is 10.2. The number of thiophene rings is 1. The lowest BCUT2D eigenvalue weighted by molar-refractivity contribution is 0.0934.